The quantitative estimate of drug-likeness (QED) is 0.792. The highest BCUT2D eigenvalue weighted by molar-refractivity contribution is 5.35. The van der Waals surface area contributed by atoms with E-state index in [-0.39, 0.29) is 5.60 Å². The van der Waals surface area contributed by atoms with Gasteiger partial charge in [-0.1, -0.05) is 0 Å². The van der Waals surface area contributed by atoms with Gasteiger partial charge in [0.15, 0.2) is 0 Å². The molecular weight excluding hydrogens is 204 g/mol. The summed E-state index contributed by atoms with van der Waals surface area (Å²) in [6.07, 6.45) is 3.59. The fourth-order valence-electron chi connectivity index (χ4n) is 1.98. The molecule has 0 bridgehead atoms. The molecule has 5 nitrogen and oxygen atoms in total. The van der Waals surface area contributed by atoms with Crippen molar-refractivity contribution < 1.29 is 4.74 Å². The van der Waals surface area contributed by atoms with Crippen LogP contribution in [0.2, 0.25) is 0 Å². The minimum atomic E-state index is -0.0732. The Kier molecular flexibility index (Phi) is 2.96. The van der Waals surface area contributed by atoms with Crippen molar-refractivity contribution in [3.05, 3.63) is 12.3 Å². The summed E-state index contributed by atoms with van der Waals surface area (Å²) < 4.78 is 5.65. The van der Waals surface area contributed by atoms with E-state index in [1.807, 2.05) is 0 Å². The summed E-state index contributed by atoms with van der Waals surface area (Å²) in [6, 6.07) is 2.03. The molecule has 1 aliphatic heterocycles. The zero-order valence-corrected chi connectivity index (χ0v) is 9.73. The van der Waals surface area contributed by atoms with Crippen LogP contribution in [-0.4, -0.2) is 28.2 Å². The summed E-state index contributed by atoms with van der Waals surface area (Å²) in [5, 5.41) is 3.30. The number of nitrogen functional groups attached to an aromatic ring is 1. The van der Waals surface area contributed by atoms with Crippen LogP contribution < -0.4 is 11.1 Å². The van der Waals surface area contributed by atoms with Gasteiger partial charge >= 0.3 is 0 Å². The third kappa shape index (κ3) is 2.82. The van der Waals surface area contributed by atoms with Gasteiger partial charge in [-0.2, -0.15) is 4.98 Å². The standard InChI is InChI=1S/C11H18N4O/c1-11(2)7-8(4-6-16-11)14-10-13-5-3-9(12)15-10/h3,5,8H,4,6-7H2,1-2H3,(H3,12,13,14,15). The molecule has 1 aromatic rings. The maximum Gasteiger partial charge on any atom is 0.224 e. The van der Waals surface area contributed by atoms with Crippen LogP contribution in [0.15, 0.2) is 12.3 Å². The van der Waals surface area contributed by atoms with Crippen molar-refractivity contribution in [1.29, 1.82) is 0 Å². The van der Waals surface area contributed by atoms with Crippen LogP contribution in [-0.2, 0) is 4.74 Å². The van der Waals surface area contributed by atoms with Gasteiger partial charge < -0.3 is 15.8 Å². The Morgan fingerprint density at radius 2 is 2.38 bits per heavy atom. The van der Waals surface area contributed by atoms with Crippen molar-refractivity contribution in [2.45, 2.75) is 38.3 Å². The van der Waals surface area contributed by atoms with E-state index in [0.29, 0.717) is 17.8 Å². The van der Waals surface area contributed by atoms with E-state index in [9.17, 15) is 0 Å². The maximum atomic E-state index is 5.65. The molecule has 3 N–H and O–H groups in total. The third-order valence-electron chi connectivity index (χ3n) is 2.71. The summed E-state index contributed by atoms with van der Waals surface area (Å²) in [4.78, 5) is 8.27. The Labute approximate surface area is 95.4 Å². The fourth-order valence-corrected chi connectivity index (χ4v) is 1.98. The normalized spacial score (nSPS) is 24.0. The lowest BCUT2D eigenvalue weighted by atomic mass is 9.94. The zero-order chi connectivity index (χ0) is 11.6. The van der Waals surface area contributed by atoms with Gasteiger partial charge in [-0.25, -0.2) is 4.98 Å². The summed E-state index contributed by atoms with van der Waals surface area (Å²) in [7, 11) is 0. The second-order valence-corrected chi connectivity index (χ2v) is 4.75. The molecule has 5 heteroatoms. The van der Waals surface area contributed by atoms with E-state index in [1.165, 1.54) is 0 Å². The number of hydrogen-bond donors (Lipinski definition) is 2. The van der Waals surface area contributed by atoms with Crippen LogP contribution >= 0.6 is 0 Å². The highest BCUT2D eigenvalue weighted by atomic mass is 16.5. The molecule has 1 atom stereocenters. The van der Waals surface area contributed by atoms with Crippen LogP contribution in [0.3, 0.4) is 0 Å². The highest BCUT2D eigenvalue weighted by Crippen LogP contribution is 2.25. The van der Waals surface area contributed by atoms with Gasteiger partial charge in [0.25, 0.3) is 0 Å². The van der Waals surface area contributed by atoms with E-state index >= 15 is 0 Å². The number of nitrogens with one attached hydrogen (secondary N) is 1. The fraction of sp³-hybridized carbons (Fsp3) is 0.636. The Bertz CT molecular complexity index is 367. The molecule has 1 saturated heterocycles. The van der Waals surface area contributed by atoms with Crippen molar-refractivity contribution >= 4 is 11.8 Å². The molecule has 1 aromatic heterocycles. The van der Waals surface area contributed by atoms with E-state index in [0.717, 1.165) is 19.4 Å². The average molecular weight is 222 g/mol. The van der Waals surface area contributed by atoms with Gasteiger partial charge in [0.2, 0.25) is 5.95 Å². The molecule has 0 saturated carbocycles. The van der Waals surface area contributed by atoms with Gasteiger partial charge in [0.05, 0.1) is 5.60 Å². The van der Waals surface area contributed by atoms with Crippen LogP contribution in [0, 0.1) is 0 Å². The first-order chi connectivity index (χ1) is 7.55. The number of nitrogens with two attached hydrogens (primary N) is 1. The average Bonchev–Trinajstić information content (AvgIpc) is 2.15. The zero-order valence-electron chi connectivity index (χ0n) is 9.73. The molecule has 1 aliphatic rings. The molecule has 0 radical (unpaired) electrons. The molecule has 2 rings (SSSR count). The van der Waals surface area contributed by atoms with Gasteiger partial charge in [-0.15, -0.1) is 0 Å². The van der Waals surface area contributed by atoms with E-state index in [4.69, 9.17) is 10.5 Å². The molecule has 0 aliphatic carbocycles. The van der Waals surface area contributed by atoms with Gasteiger partial charge in [-0.05, 0) is 32.8 Å². The Morgan fingerprint density at radius 1 is 1.56 bits per heavy atom. The number of anilines is 2. The second kappa shape index (κ2) is 4.25. The van der Waals surface area contributed by atoms with Gasteiger partial charge in [0, 0.05) is 18.8 Å². The molecule has 0 spiro atoms. The monoisotopic (exact) mass is 222 g/mol. The third-order valence-corrected chi connectivity index (χ3v) is 2.71. The number of hydrogen-bond acceptors (Lipinski definition) is 5. The molecule has 0 amide bonds. The van der Waals surface area contributed by atoms with E-state index in [1.54, 1.807) is 12.3 Å². The molecule has 88 valence electrons. The summed E-state index contributed by atoms with van der Waals surface area (Å²) in [5.74, 6) is 1.09. The summed E-state index contributed by atoms with van der Waals surface area (Å²) >= 11 is 0. The number of nitrogens with zero attached hydrogens (tertiary/aromatic N) is 2. The Hall–Kier alpha value is -1.36. The highest BCUT2D eigenvalue weighted by Gasteiger charge is 2.29. The number of rotatable bonds is 2. The lowest BCUT2D eigenvalue weighted by molar-refractivity contribution is -0.0553. The molecular formula is C11H18N4O. The lowest BCUT2D eigenvalue weighted by Crippen LogP contribution is -2.40. The first kappa shape index (κ1) is 11.1. The minimum absolute atomic E-state index is 0.0732. The van der Waals surface area contributed by atoms with Crippen LogP contribution in [0.25, 0.3) is 0 Å². The predicted octanol–water partition coefficient (Wildman–Crippen LogP) is 1.43. The van der Waals surface area contributed by atoms with Crippen LogP contribution in [0.4, 0.5) is 11.8 Å². The molecule has 2 heterocycles. The van der Waals surface area contributed by atoms with Crippen molar-refractivity contribution in [2.75, 3.05) is 17.7 Å². The Morgan fingerprint density at radius 3 is 3.06 bits per heavy atom. The SMILES string of the molecule is CC1(C)CC(Nc2nccc(N)n2)CCO1. The van der Waals surface area contributed by atoms with Crippen molar-refractivity contribution in [2.24, 2.45) is 0 Å². The van der Waals surface area contributed by atoms with Gasteiger partial charge in [0.1, 0.15) is 5.82 Å². The first-order valence-corrected chi connectivity index (χ1v) is 5.54. The largest absolute Gasteiger partial charge is 0.384 e. The van der Waals surface area contributed by atoms with Crippen molar-refractivity contribution in [1.82, 2.24) is 9.97 Å². The van der Waals surface area contributed by atoms with E-state index < -0.39 is 0 Å². The summed E-state index contributed by atoms with van der Waals surface area (Å²) in [5.41, 5.74) is 5.53. The minimum Gasteiger partial charge on any atom is -0.384 e. The summed E-state index contributed by atoms with van der Waals surface area (Å²) in [6.45, 7) is 4.97. The first-order valence-electron chi connectivity index (χ1n) is 5.54. The van der Waals surface area contributed by atoms with E-state index in [2.05, 4.69) is 29.1 Å². The molecule has 16 heavy (non-hydrogen) atoms. The Balaban J connectivity index is 1.99. The second-order valence-electron chi connectivity index (χ2n) is 4.75. The number of ether oxygens (including phenoxy) is 1. The predicted molar refractivity (Wildman–Crippen MR) is 63.1 cm³/mol. The van der Waals surface area contributed by atoms with Crippen LogP contribution in [0.5, 0.6) is 0 Å². The van der Waals surface area contributed by atoms with Crippen LogP contribution in [0.1, 0.15) is 26.7 Å². The molecule has 1 fully saturated rings. The lowest BCUT2D eigenvalue weighted by Gasteiger charge is -2.35. The topological polar surface area (TPSA) is 73.1 Å². The molecule has 1 unspecified atom stereocenters. The van der Waals surface area contributed by atoms with Gasteiger partial charge in [-0.3, -0.25) is 0 Å². The maximum absolute atomic E-state index is 5.65. The smallest absolute Gasteiger partial charge is 0.224 e. The van der Waals surface area contributed by atoms with Crippen molar-refractivity contribution in [3.8, 4) is 0 Å². The molecule has 0 aromatic carbocycles. The number of aromatic nitrogens is 2. The van der Waals surface area contributed by atoms with Crippen molar-refractivity contribution in [3.63, 3.8) is 0 Å².